The third kappa shape index (κ3) is 4.46. The lowest BCUT2D eigenvalue weighted by molar-refractivity contribution is 0.0951. The van der Waals surface area contributed by atoms with Gasteiger partial charge in [0, 0.05) is 18.5 Å². The highest BCUT2D eigenvalue weighted by molar-refractivity contribution is 5.97. The van der Waals surface area contributed by atoms with Crippen molar-refractivity contribution < 1.29 is 13.9 Å². The third-order valence-corrected chi connectivity index (χ3v) is 4.78. The number of aromatic nitrogens is 1. The summed E-state index contributed by atoms with van der Waals surface area (Å²) < 4.78 is 11.1. The molecule has 1 N–H and O–H groups in total. The lowest BCUT2D eigenvalue weighted by Gasteiger charge is -2.05. The fourth-order valence-electron chi connectivity index (χ4n) is 3.10. The summed E-state index contributed by atoms with van der Waals surface area (Å²) in [6.07, 6.45) is 0.577. The van der Waals surface area contributed by atoms with Gasteiger partial charge in [-0.1, -0.05) is 42.0 Å². The van der Waals surface area contributed by atoms with E-state index in [2.05, 4.69) is 10.3 Å². The number of fused-ring (bicyclic) bond motifs is 1. The summed E-state index contributed by atoms with van der Waals surface area (Å²) in [4.78, 5) is 17.0. The van der Waals surface area contributed by atoms with Gasteiger partial charge < -0.3 is 14.5 Å². The molecule has 0 aliphatic carbocycles. The van der Waals surface area contributed by atoms with Crippen molar-refractivity contribution in [3.05, 3.63) is 94.9 Å². The number of rotatable bonds is 6. The number of carbonyl (C=O) groups is 1. The van der Waals surface area contributed by atoms with Crippen LogP contribution in [0.4, 0.5) is 0 Å². The van der Waals surface area contributed by atoms with E-state index in [1.807, 2.05) is 61.5 Å². The lowest BCUT2D eigenvalue weighted by Crippen LogP contribution is -2.22. The minimum Gasteiger partial charge on any atom is -0.497 e. The zero-order valence-electron chi connectivity index (χ0n) is 16.4. The second-order valence-corrected chi connectivity index (χ2v) is 6.98. The third-order valence-electron chi connectivity index (χ3n) is 4.78. The SMILES string of the molecule is COc1ccc(Cc2nc3ccc(C(=O)NCc4ccc(C)cc4)cc3o2)cc1. The Morgan fingerprint density at radius 3 is 2.45 bits per heavy atom. The molecule has 1 amide bonds. The van der Waals surface area contributed by atoms with Gasteiger partial charge in [0.25, 0.3) is 5.91 Å². The van der Waals surface area contributed by atoms with Crippen molar-refractivity contribution in [1.82, 2.24) is 10.3 Å². The number of nitrogens with zero attached hydrogens (tertiary/aromatic N) is 1. The molecule has 29 heavy (non-hydrogen) atoms. The van der Waals surface area contributed by atoms with Gasteiger partial charge in [0.2, 0.25) is 0 Å². The van der Waals surface area contributed by atoms with Gasteiger partial charge in [0.05, 0.1) is 7.11 Å². The molecular formula is C24H22N2O3. The van der Waals surface area contributed by atoms with Crippen molar-refractivity contribution in [2.24, 2.45) is 0 Å². The number of aryl methyl sites for hydroxylation is 1. The molecule has 0 atom stereocenters. The number of methoxy groups -OCH3 is 1. The van der Waals surface area contributed by atoms with E-state index in [0.29, 0.717) is 30.0 Å². The summed E-state index contributed by atoms with van der Waals surface area (Å²) in [5, 5.41) is 2.94. The van der Waals surface area contributed by atoms with Crippen LogP contribution in [0.2, 0.25) is 0 Å². The van der Waals surface area contributed by atoms with Crippen LogP contribution >= 0.6 is 0 Å². The smallest absolute Gasteiger partial charge is 0.251 e. The van der Waals surface area contributed by atoms with Gasteiger partial charge in [-0.3, -0.25) is 4.79 Å². The Hall–Kier alpha value is -3.60. The lowest BCUT2D eigenvalue weighted by atomic mass is 10.1. The molecular weight excluding hydrogens is 364 g/mol. The Kier molecular flexibility index (Phi) is 5.29. The molecule has 146 valence electrons. The quantitative estimate of drug-likeness (QED) is 0.523. The first-order valence-electron chi connectivity index (χ1n) is 9.47. The molecule has 0 aliphatic heterocycles. The number of nitrogens with one attached hydrogen (secondary N) is 1. The van der Waals surface area contributed by atoms with E-state index in [4.69, 9.17) is 9.15 Å². The number of ether oxygens (including phenoxy) is 1. The standard InChI is InChI=1S/C24H22N2O3/c1-16-3-5-18(6-4-16)15-25-24(27)19-9-12-21-22(14-19)29-23(26-21)13-17-7-10-20(28-2)11-8-17/h3-12,14H,13,15H2,1-2H3,(H,25,27). The summed E-state index contributed by atoms with van der Waals surface area (Å²) in [6, 6.07) is 21.2. The summed E-state index contributed by atoms with van der Waals surface area (Å²) >= 11 is 0. The normalized spacial score (nSPS) is 10.8. The first-order valence-corrected chi connectivity index (χ1v) is 9.47. The summed E-state index contributed by atoms with van der Waals surface area (Å²) in [6.45, 7) is 2.52. The molecule has 5 heteroatoms. The van der Waals surface area contributed by atoms with Crippen molar-refractivity contribution in [3.63, 3.8) is 0 Å². The summed E-state index contributed by atoms with van der Waals surface area (Å²) in [5.74, 6) is 1.29. The van der Waals surface area contributed by atoms with Gasteiger partial charge in [0.1, 0.15) is 11.3 Å². The maximum Gasteiger partial charge on any atom is 0.251 e. The summed E-state index contributed by atoms with van der Waals surface area (Å²) in [5.41, 5.74) is 5.23. The molecule has 0 saturated heterocycles. The van der Waals surface area contributed by atoms with Crippen LogP contribution in [-0.2, 0) is 13.0 Å². The largest absolute Gasteiger partial charge is 0.497 e. The zero-order valence-corrected chi connectivity index (χ0v) is 16.4. The van der Waals surface area contributed by atoms with Crippen LogP contribution in [-0.4, -0.2) is 18.0 Å². The zero-order chi connectivity index (χ0) is 20.2. The van der Waals surface area contributed by atoms with Crippen LogP contribution < -0.4 is 10.1 Å². The summed E-state index contributed by atoms with van der Waals surface area (Å²) in [7, 11) is 1.64. The maximum atomic E-state index is 12.5. The Labute approximate surface area is 169 Å². The number of benzene rings is 3. The molecule has 0 unspecified atom stereocenters. The van der Waals surface area contributed by atoms with Crippen LogP contribution in [0.5, 0.6) is 5.75 Å². The second-order valence-electron chi connectivity index (χ2n) is 6.98. The van der Waals surface area contributed by atoms with E-state index in [1.165, 1.54) is 5.56 Å². The predicted octanol–water partition coefficient (Wildman–Crippen LogP) is 4.67. The van der Waals surface area contributed by atoms with E-state index < -0.39 is 0 Å². The number of carbonyl (C=O) groups excluding carboxylic acids is 1. The fraction of sp³-hybridized carbons (Fsp3) is 0.167. The van der Waals surface area contributed by atoms with E-state index in [9.17, 15) is 4.79 Å². The minimum atomic E-state index is -0.138. The van der Waals surface area contributed by atoms with Crippen molar-refractivity contribution >= 4 is 17.0 Å². The van der Waals surface area contributed by atoms with E-state index in [1.54, 1.807) is 19.2 Å². The number of hydrogen-bond donors (Lipinski definition) is 1. The van der Waals surface area contributed by atoms with Crippen LogP contribution in [0.25, 0.3) is 11.1 Å². The minimum absolute atomic E-state index is 0.138. The van der Waals surface area contributed by atoms with Crippen LogP contribution in [0.3, 0.4) is 0 Å². The second kappa shape index (κ2) is 8.19. The van der Waals surface area contributed by atoms with Gasteiger partial charge in [-0.25, -0.2) is 4.98 Å². The van der Waals surface area contributed by atoms with Crippen molar-refractivity contribution in [2.75, 3.05) is 7.11 Å². The average Bonchev–Trinajstić information content (AvgIpc) is 3.15. The van der Waals surface area contributed by atoms with Gasteiger partial charge in [-0.15, -0.1) is 0 Å². The average molecular weight is 386 g/mol. The molecule has 0 saturated carbocycles. The highest BCUT2D eigenvalue weighted by Crippen LogP contribution is 2.20. The van der Waals surface area contributed by atoms with Gasteiger partial charge in [-0.05, 0) is 48.4 Å². The molecule has 4 rings (SSSR count). The molecule has 5 nitrogen and oxygen atoms in total. The first-order chi connectivity index (χ1) is 14.1. The predicted molar refractivity (Wildman–Crippen MR) is 112 cm³/mol. The van der Waals surface area contributed by atoms with Gasteiger partial charge in [-0.2, -0.15) is 0 Å². The molecule has 4 aromatic rings. The van der Waals surface area contributed by atoms with Crippen LogP contribution in [0.15, 0.2) is 71.1 Å². The monoisotopic (exact) mass is 386 g/mol. The number of oxazole rings is 1. The maximum absolute atomic E-state index is 12.5. The molecule has 1 aromatic heterocycles. The van der Waals surface area contributed by atoms with E-state index in [-0.39, 0.29) is 5.91 Å². The molecule has 0 aliphatic rings. The van der Waals surface area contributed by atoms with Crippen molar-refractivity contribution in [2.45, 2.75) is 19.9 Å². The Bertz CT molecular complexity index is 1130. The fourth-order valence-corrected chi connectivity index (χ4v) is 3.10. The molecule has 0 fully saturated rings. The van der Waals surface area contributed by atoms with Gasteiger partial charge in [0.15, 0.2) is 11.5 Å². The van der Waals surface area contributed by atoms with Gasteiger partial charge >= 0.3 is 0 Å². The van der Waals surface area contributed by atoms with Crippen molar-refractivity contribution in [1.29, 1.82) is 0 Å². The first kappa shape index (κ1) is 18.7. The highest BCUT2D eigenvalue weighted by atomic mass is 16.5. The van der Waals surface area contributed by atoms with E-state index in [0.717, 1.165) is 22.4 Å². The van der Waals surface area contributed by atoms with Crippen molar-refractivity contribution in [3.8, 4) is 5.75 Å². The molecule has 0 spiro atoms. The Balaban J connectivity index is 1.45. The molecule has 1 heterocycles. The number of amides is 1. The topological polar surface area (TPSA) is 64.4 Å². The number of hydrogen-bond acceptors (Lipinski definition) is 4. The molecule has 3 aromatic carbocycles. The van der Waals surface area contributed by atoms with Crippen LogP contribution in [0.1, 0.15) is 32.9 Å². The Morgan fingerprint density at radius 1 is 1.00 bits per heavy atom. The highest BCUT2D eigenvalue weighted by Gasteiger charge is 2.11. The van der Waals surface area contributed by atoms with Crippen LogP contribution in [0, 0.1) is 6.92 Å². The Morgan fingerprint density at radius 2 is 1.72 bits per heavy atom. The molecule has 0 bridgehead atoms. The molecule has 0 radical (unpaired) electrons. The van der Waals surface area contributed by atoms with E-state index >= 15 is 0 Å².